The first-order valence-electron chi connectivity index (χ1n) is 6.02. The van der Waals surface area contributed by atoms with Crippen molar-refractivity contribution >= 4 is 0 Å². The van der Waals surface area contributed by atoms with Crippen LogP contribution in [0.4, 0.5) is 0 Å². The molecule has 1 heterocycles. The van der Waals surface area contributed by atoms with Crippen LogP contribution >= 0.6 is 0 Å². The van der Waals surface area contributed by atoms with E-state index in [1.807, 2.05) is 18.2 Å². The van der Waals surface area contributed by atoms with Crippen LogP contribution in [0.5, 0.6) is 0 Å². The van der Waals surface area contributed by atoms with Gasteiger partial charge in [-0.3, -0.25) is 0 Å². The first-order chi connectivity index (χ1) is 8.76. The summed E-state index contributed by atoms with van der Waals surface area (Å²) in [5.74, 6) is 0.974. The van der Waals surface area contributed by atoms with E-state index >= 15 is 0 Å². The zero-order chi connectivity index (χ0) is 12.6. The SMILES string of the molecule is NC(CO)c1nc(C2(c3ccccc3)CC2)no1. The fraction of sp³-hybridized carbons (Fsp3) is 0.385. The molecule has 5 heteroatoms. The van der Waals surface area contributed by atoms with Crippen molar-refractivity contribution < 1.29 is 9.63 Å². The summed E-state index contributed by atoms with van der Waals surface area (Å²) in [5, 5.41) is 13.0. The van der Waals surface area contributed by atoms with E-state index in [0.29, 0.717) is 11.7 Å². The number of rotatable bonds is 4. The molecule has 1 unspecified atom stereocenters. The van der Waals surface area contributed by atoms with E-state index in [1.54, 1.807) is 0 Å². The van der Waals surface area contributed by atoms with Crippen molar-refractivity contribution in [3.05, 3.63) is 47.6 Å². The van der Waals surface area contributed by atoms with Gasteiger partial charge in [0.25, 0.3) is 0 Å². The molecule has 3 rings (SSSR count). The van der Waals surface area contributed by atoms with Crippen molar-refractivity contribution in [2.45, 2.75) is 24.3 Å². The molecule has 94 valence electrons. The minimum Gasteiger partial charge on any atom is -0.394 e. The second-order valence-electron chi connectivity index (χ2n) is 4.69. The van der Waals surface area contributed by atoms with Gasteiger partial charge in [-0.25, -0.2) is 0 Å². The van der Waals surface area contributed by atoms with E-state index < -0.39 is 6.04 Å². The Hall–Kier alpha value is -1.72. The zero-order valence-corrected chi connectivity index (χ0v) is 9.91. The molecule has 1 atom stereocenters. The highest BCUT2D eigenvalue weighted by atomic mass is 16.5. The van der Waals surface area contributed by atoms with Gasteiger partial charge in [0.05, 0.1) is 12.0 Å². The van der Waals surface area contributed by atoms with Crippen molar-refractivity contribution in [2.75, 3.05) is 6.61 Å². The lowest BCUT2D eigenvalue weighted by molar-refractivity contribution is 0.236. The highest BCUT2D eigenvalue weighted by Gasteiger charge is 2.50. The largest absolute Gasteiger partial charge is 0.394 e. The molecule has 0 radical (unpaired) electrons. The second-order valence-corrected chi connectivity index (χ2v) is 4.69. The van der Waals surface area contributed by atoms with Crippen LogP contribution in [0.2, 0.25) is 0 Å². The van der Waals surface area contributed by atoms with E-state index in [0.717, 1.165) is 12.8 Å². The summed E-state index contributed by atoms with van der Waals surface area (Å²) in [6.07, 6.45) is 2.04. The monoisotopic (exact) mass is 245 g/mol. The maximum absolute atomic E-state index is 8.98. The first-order valence-corrected chi connectivity index (χ1v) is 6.02. The molecule has 18 heavy (non-hydrogen) atoms. The molecule has 2 aromatic rings. The Kier molecular flexibility index (Phi) is 2.65. The Morgan fingerprint density at radius 2 is 2.06 bits per heavy atom. The Labute approximate surface area is 105 Å². The fourth-order valence-electron chi connectivity index (χ4n) is 2.18. The molecule has 0 amide bonds. The minimum absolute atomic E-state index is 0.113. The predicted octanol–water partition coefficient (Wildman–Crippen LogP) is 1.14. The fourth-order valence-corrected chi connectivity index (χ4v) is 2.18. The van der Waals surface area contributed by atoms with Crippen LogP contribution in [0, 0.1) is 0 Å². The van der Waals surface area contributed by atoms with Crippen LogP contribution in [-0.4, -0.2) is 21.9 Å². The molecule has 1 aromatic heterocycles. The van der Waals surface area contributed by atoms with Crippen molar-refractivity contribution in [3.8, 4) is 0 Å². The van der Waals surface area contributed by atoms with Crippen molar-refractivity contribution in [1.82, 2.24) is 10.1 Å². The lowest BCUT2D eigenvalue weighted by Gasteiger charge is -2.10. The van der Waals surface area contributed by atoms with Crippen molar-refractivity contribution in [1.29, 1.82) is 0 Å². The molecule has 0 bridgehead atoms. The van der Waals surface area contributed by atoms with Crippen molar-refractivity contribution in [3.63, 3.8) is 0 Å². The summed E-state index contributed by atoms with van der Waals surface area (Å²) in [5.41, 5.74) is 6.75. The zero-order valence-electron chi connectivity index (χ0n) is 9.91. The topological polar surface area (TPSA) is 85.2 Å². The van der Waals surface area contributed by atoms with Gasteiger partial charge in [-0.15, -0.1) is 0 Å². The normalized spacial score (nSPS) is 18.6. The van der Waals surface area contributed by atoms with Crippen LogP contribution in [0.25, 0.3) is 0 Å². The maximum atomic E-state index is 8.98. The number of benzene rings is 1. The van der Waals surface area contributed by atoms with Gasteiger partial charge >= 0.3 is 0 Å². The Balaban J connectivity index is 1.93. The summed E-state index contributed by atoms with van der Waals surface area (Å²) in [7, 11) is 0. The lowest BCUT2D eigenvalue weighted by Crippen LogP contribution is -2.16. The Morgan fingerprint density at radius 3 is 2.67 bits per heavy atom. The van der Waals surface area contributed by atoms with E-state index in [9.17, 15) is 0 Å². The van der Waals surface area contributed by atoms with Gasteiger partial charge in [0.1, 0.15) is 6.04 Å². The summed E-state index contributed by atoms with van der Waals surface area (Å²) in [6, 6.07) is 9.57. The molecule has 5 nitrogen and oxygen atoms in total. The average molecular weight is 245 g/mol. The molecule has 3 N–H and O–H groups in total. The number of aliphatic hydroxyl groups excluding tert-OH is 1. The van der Waals surface area contributed by atoms with Crippen LogP contribution in [0.1, 0.15) is 36.2 Å². The average Bonchev–Trinajstić information content (AvgIpc) is 3.10. The number of hydrogen-bond donors (Lipinski definition) is 2. The molecule has 1 saturated carbocycles. The summed E-state index contributed by atoms with van der Waals surface area (Å²) >= 11 is 0. The van der Waals surface area contributed by atoms with Gasteiger partial charge in [0.2, 0.25) is 5.89 Å². The Bertz CT molecular complexity index is 534. The molecule has 0 aliphatic heterocycles. The third kappa shape index (κ3) is 1.72. The van der Waals surface area contributed by atoms with Gasteiger partial charge in [-0.1, -0.05) is 35.5 Å². The smallest absolute Gasteiger partial charge is 0.245 e. The van der Waals surface area contributed by atoms with Gasteiger partial charge in [-0.05, 0) is 18.4 Å². The molecule has 1 aromatic carbocycles. The molecule has 0 spiro atoms. The van der Waals surface area contributed by atoms with Crippen LogP contribution < -0.4 is 5.73 Å². The van der Waals surface area contributed by atoms with Gasteiger partial charge in [0, 0.05) is 0 Å². The molecular weight excluding hydrogens is 230 g/mol. The number of aromatic nitrogens is 2. The summed E-state index contributed by atoms with van der Waals surface area (Å²) in [4.78, 5) is 4.33. The van der Waals surface area contributed by atoms with E-state index in [-0.39, 0.29) is 12.0 Å². The highest BCUT2D eigenvalue weighted by molar-refractivity contribution is 5.38. The van der Waals surface area contributed by atoms with Crippen LogP contribution in [-0.2, 0) is 5.41 Å². The maximum Gasteiger partial charge on any atom is 0.245 e. The third-order valence-electron chi connectivity index (χ3n) is 3.46. The summed E-state index contributed by atoms with van der Waals surface area (Å²) in [6.45, 7) is -0.194. The first kappa shape index (κ1) is 11.4. The summed E-state index contributed by atoms with van der Waals surface area (Å²) < 4.78 is 5.12. The third-order valence-corrected chi connectivity index (χ3v) is 3.46. The quantitative estimate of drug-likeness (QED) is 0.843. The number of hydrogen-bond acceptors (Lipinski definition) is 5. The molecule has 1 aliphatic rings. The van der Waals surface area contributed by atoms with Gasteiger partial charge in [-0.2, -0.15) is 4.98 Å². The molecule has 1 aliphatic carbocycles. The molecule has 1 fully saturated rings. The molecular formula is C13H15N3O2. The Morgan fingerprint density at radius 1 is 1.33 bits per heavy atom. The van der Waals surface area contributed by atoms with Gasteiger partial charge < -0.3 is 15.4 Å². The van der Waals surface area contributed by atoms with Crippen LogP contribution in [0.15, 0.2) is 34.9 Å². The van der Waals surface area contributed by atoms with E-state index in [2.05, 4.69) is 22.3 Å². The number of nitrogens with two attached hydrogens (primary N) is 1. The lowest BCUT2D eigenvalue weighted by atomic mass is 9.95. The standard InChI is InChI=1S/C13H15N3O2/c14-10(8-17)11-15-12(16-18-11)13(6-7-13)9-4-2-1-3-5-9/h1-5,10,17H,6-8,14H2. The number of aliphatic hydroxyl groups is 1. The predicted molar refractivity (Wildman–Crippen MR) is 64.8 cm³/mol. The second kappa shape index (κ2) is 4.19. The van der Waals surface area contributed by atoms with Gasteiger partial charge in [0.15, 0.2) is 5.82 Å². The molecule has 0 saturated heterocycles. The van der Waals surface area contributed by atoms with E-state index in [4.69, 9.17) is 15.4 Å². The number of nitrogens with zero attached hydrogens (tertiary/aromatic N) is 2. The van der Waals surface area contributed by atoms with E-state index in [1.165, 1.54) is 5.56 Å². The van der Waals surface area contributed by atoms with Crippen LogP contribution in [0.3, 0.4) is 0 Å². The van der Waals surface area contributed by atoms with Crippen molar-refractivity contribution in [2.24, 2.45) is 5.73 Å². The minimum atomic E-state index is -0.599. The highest BCUT2D eigenvalue weighted by Crippen LogP contribution is 2.52.